The fourth-order valence-corrected chi connectivity index (χ4v) is 4.58. The van der Waals surface area contributed by atoms with Crippen molar-refractivity contribution in [3.63, 3.8) is 0 Å². The predicted molar refractivity (Wildman–Crippen MR) is 128 cm³/mol. The number of carbonyl (C=O) groups excluding carboxylic acids is 1. The summed E-state index contributed by atoms with van der Waals surface area (Å²) >= 11 is 0. The molecule has 9 nitrogen and oxygen atoms in total. The summed E-state index contributed by atoms with van der Waals surface area (Å²) in [5, 5.41) is 30.6. The van der Waals surface area contributed by atoms with E-state index in [-0.39, 0.29) is 5.56 Å². The third-order valence-electron chi connectivity index (χ3n) is 6.56. The number of aliphatic hydroxyl groups is 3. The van der Waals surface area contributed by atoms with Gasteiger partial charge in [0.05, 0.1) is 32.5 Å². The van der Waals surface area contributed by atoms with Gasteiger partial charge in [0.25, 0.3) is 0 Å². The predicted octanol–water partition coefficient (Wildman–Crippen LogP) is 3.31. The van der Waals surface area contributed by atoms with Crippen molar-refractivity contribution in [3.05, 3.63) is 17.2 Å². The number of esters is 1. The van der Waals surface area contributed by atoms with Crippen LogP contribution >= 0.6 is 0 Å². The average Bonchev–Trinajstić information content (AvgIpc) is 2.86. The van der Waals surface area contributed by atoms with Crippen LogP contribution in [0.3, 0.4) is 0 Å². The van der Waals surface area contributed by atoms with E-state index in [1.165, 1.54) is 7.11 Å². The minimum atomic E-state index is -1.43. The van der Waals surface area contributed by atoms with Crippen LogP contribution in [0.5, 0.6) is 17.2 Å². The van der Waals surface area contributed by atoms with E-state index in [0.29, 0.717) is 36.0 Å². The van der Waals surface area contributed by atoms with Crippen LogP contribution in [0.4, 0.5) is 0 Å². The molecule has 5 atom stereocenters. The smallest absolute Gasteiger partial charge is 0.339 e. The maximum absolute atomic E-state index is 13.0. The Balaban J connectivity index is 1.99. The van der Waals surface area contributed by atoms with E-state index in [1.54, 1.807) is 6.07 Å². The van der Waals surface area contributed by atoms with Gasteiger partial charge in [-0.2, -0.15) is 0 Å². The van der Waals surface area contributed by atoms with Gasteiger partial charge in [0.2, 0.25) is 5.75 Å². The van der Waals surface area contributed by atoms with Gasteiger partial charge in [0.15, 0.2) is 17.6 Å². The second-order valence-electron chi connectivity index (χ2n) is 9.15. The number of methoxy groups -OCH3 is 1. The summed E-state index contributed by atoms with van der Waals surface area (Å²) in [4.78, 5) is 13.0. The summed E-state index contributed by atoms with van der Waals surface area (Å²) in [6.45, 7) is 4.62. The van der Waals surface area contributed by atoms with E-state index < -0.39 is 43.1 Å². The van der Waals surface area contributed by atoms with Crippen molar-refractivity contribution in [2.45, 2.75) is 95.7 Å². The molecule has 0 unspecified atom stereocenters. The van der Waals surface area contributed by atoms with Crippen molar-refractivity contribution in [1.82, 2.24) is 0 Å². The number of carbonyl (C=O) groups is 1. The Hall–Kier alpha value is -2.07. The molecule has 9 heteroatoms. The Morgan fingerprint density at radius 2 is 1.57 bits per heavy atom. The molecule has 0 spiro atoms. The third kappa shape index (κ3) is 6.20. The van der Waals surface area contributed by atoms with E-state index in [4.69, 9.17) is 23.7 Å². The van der Waals surface area contributed by atoms with Crippen molar-refractivity contribution in [1.29, 1.82) is 0 Å². The van der Waals surface area contributed by atoms with Gasteiger partial charge in [0, 0.05) is 5.56 Å². The lowest BCUT2D eigenvalue weighted by Gasteiger charge is -2.44. The zero-order valence-electron chi connectivity index (χ0n) is 21.0. The first-order chi connectivity index (χ1) is 17.0. The first-order valence-corrected chi connectivity index (χ1v) is 12.8. The molecule has 2 aliphatic rings. The summed E-state index contributed by atoms with van der Waals surface area (Å²) in [5.41, 5.74) is 0.570. The van der Waals surface area contributed by atoms with Crippen LogP contribution in [-0.4, -0.2) is 72.6 Å². The minimum Gasteiger partial charge on any atom is -0.490 e. The molecule has 0 radical (unpaired) electrons. The molecule has 0 amide bonds. The number of hydrogen-bond donors (Lipinski definition) is 3. The average molecular weight is 497 g/mol. The maximum atomic E-state index is 13.0. The van der Waals surface area contributed by atoms with Crippen LogP contribution in [0, 0.1) is 0 Å². The molecule has 0 bridgehead atoms. The zero-order chi connectivity index (χ0) is 25.4. The highest BCUT2D eigenvalue weighted by Gasteiger charge is 2.52. The minimum absolute atomic E-state index is 0.194. The quantitative estimate of drug-likeness (QED) is 0.263. The lowest BCUT2D eigenvalue weighted by atomic mass is 9.86. The molecule has 1 aromatic carbocycles. The molecule has 2 aliphatic heterocycles. The van der Waals surface area contributed by atoms with Gasteiger partial charge in [-0.15, -0.1) is 0 Å². The number of fused-ring (bicyclic) bond motifs is 3. The monoisotopic (exact) mass is 496 g/mol. The maximum Gasteiger partial charge on any atom is 0.339 e. The molecule has 35 heavy (non-hydrogen) atoms. The number of unbranched alkanes of at least 4 members (excludes halogenated alkanes) is 6. The Bertz CT molecular complexity index is 828. The number of rotatable bonds is 14. The Labute approximate surface area is 207 Å². The summed E-state index contributed by atoms with van der Waals surface area (Å²) < 4.78 is 29.3. The van der Waals surface area contributed by atoms with Gasteiger partial charge in [0.1, 0.15) is 24.4 Å². The number of hydrogen-bond acceptors (Lipinski definition) is 9. The van der Waals surface area contributed by atoms with Crippen LogP contribution in [0.2, 0.25) is 0 Å². The van der Waals surface area contributed by atoms with Crippen LogP contribution in [0.25, 0.3) is 0 Å². The van der Waals surface area contributed by atoms with Crippen molar-refractivity contribution < 1.29 is 43.8 Å². The normalized spacial score (nSPS) is 25.4. The molecule has 2 heterocycles. The SMILES string of the molecule is CCCCCCOc1cc2c(c(OCCCCCC)c1OC)[C@@H]1O[C@H](CO)[C@@H](O)[C@H](O)[C@H]1OC2=O. The Kier molecular flexibility index (Phi) is 10.5. The standard InChI is InChI=1S/C26H40O9/c1-4-6-8-10-12-32-17-14-16-19(23(22(17)31-3)33-13-11-9-7-5-2)24-25(35-26(16)30)21(29)20(28)18(15-27)34-24/h14,18,20-21,24-25,27-29H,4-13,15H2,1-3H3/t18-,20-,21+,24+,25-/m1/s1. The second kappa shape index (κ2) is 13.3. The zero-order valence-corrected chi connectivity index (χ0v) is 21.0. The molecule has 0 aromatic heterocycles. The summed E-state index contributed by atoms with van der Waals surface area (Å²) in [6.07, 6.45) is 2.13. The number of ether oxygens (including phenoxy) is 5. The first-order valence-electron chi connectivity index (χ1n) is 12.8. The van der Waals surface area contributed by atoms with Crippen LogP contribution in [-0.2, 0) is 9.47 Å². The fraction of sp³-hybridized carbons (Fsp3) is 0.731. The molecule has 0 aliphatic carbocycles. The lowest BCUT2D eigenvalue weighted by molar-refractivity contribution is -0.235. The van der Waals surface area contributed by atoms with Gasteiger partial charge in [-0.3, -0.25) is 0 Å². The molecule has 1 aromatic rings. The highest BCUT2D eigenvalue weighted by molar-refractivity contribution is 5.95. The molecule has 3 N–H and O–H groups in total. The van der Waals surface area contributed by atoms with Gasteiger partial charge in [-0.25, -0.2) is 4.79 Å². The van der Waals surface area contributed by atoms with Gasteiger partial charge in [-0.1, -0.05) is 52.4 Å². The van der Waals surface area contributed by atoms with Crippen molar-refractivity contribution in [2.75, 3.05) is 26.9 Å². The van der Waals surface area contributed by atoms with Crippen LogP contribution in [0.1, 0.15) is 87.2 Å². The van der Waals surface area contributed by atoms with E-state index in [9.17, 15) is 20.1 Å². The fourth-order valence-electron chi connectivity index (χ4n) is 4.58. The lowest BCUT2D eigenvalue weighted by Crippen LogP contribution is -2.58. The summed E-state index contributed by atoms with van der Waals surface area (Å²) in [5.74, 6) is 0.342. The van der Waals surface area contributed by atoms with Crippen molar-refractivity contribution in [3.8, 4) is 17.2 Å². The highest BCUT2D eigenvalue weighted by Crippen LogP contribution is 2.51. The largest absolute Gasteiger partial charge is 0.490 e. The molecule has 1 fully saturated rings. The van der Waals surface area contributed by atoms with Crippen LogP contribution in [0.15, 0.2) is 6.07 Å². The molecular formula is C26H40O9. The molecule has 3 rings (SSSR count). The topological polar surface area (TPSA) is 124 Å². The number of benzene rings is 1. The summed E-state index contributed by atoms with van der Waals surface area (Å²) in [7, 11) is 1.51. The second-order valence-corrected chi connectivity index (χ2v) is 9.15. The van der Waals surface area contributed by atoms with Crippen molar-refractivity contribution >= 4 is 5.97 Å². The van der Waals surface area contributed by atoms with Gasteiger partial charge >= 0.3 is 5.97 Å². The van der Waals surface area contributed by atoms with Crippen molar-refractivity contribution in [2.24, 2.45) is 0 Å². The van der Waals surface area contributed by atoms with Crippen LogP contribution < -0.4 is 14.2 Å². The molecule has 0 saturated carbocycles. The highest BCUT2D eigenvalue weighted by atomic mass is 16.6. The molecule has 1 saturated heterocycles. The van der Waals surface area contributed by atoms with E-state index in [1.807, 2.05) is 0 Å². The molecule has 198 valence electrons. The molecular weight excluding hydrogens is 456 g/mol. The van der Waals surface area contributed by atoms with Gasteiger partial charge in [-0.05, 0) is 18.9 Å². The summed E-state index contributed by atoms with van der Waals surface area (Å²) in [6, 6.07) is 1.56. The van der Waals surface area contributed by atoms with E-state index in [0.717, 1.165) is 51.4 Å². The first kappa shape index (κ1) is 27.5. The van der Waals surface area contributed by atoms with E-state index >= 15 is 0 Å². The van der Waals surface area contributed by atoms with E-state index in [2.05, 4.69) is 13.8 Å². The number of aliphatic hydroxyl groups excluding tert-OH is 3. The Morgan fingerprint density at radius 1 is 0.914 bits per heavy atom. The third-order valence-corrected chi connectivity index (χ3v) is 6.56. The van der Waals surface area contributed by atoms with Gasteiger partial charge < -0.3 is 39.0 Å². The Morgan fingerprint density at radius 3 is 2.17 bits per heavy atom.